The molecule has 0 bridgehead atoms. The van der Waals surface area contributed by atoms with Crippen LogP contribution in [0.5, 0.6) is 0 Å². The molecule has 0 aliphatic rings. The molecule has 1 heterocycles. The summed E-state index contributed by atoms with van der Waals surface area (Å²) in [7, 11) is 0. The summed E-state index contributed by atoms with van der Waals surface area (Å²) in [6.07, 6.45) is 0. The summed E-state index contributed by atoms with van der Waals surface area (Å²) in [5.74, 6) is 0.369. The molecule has 0 saturated heterocycles. The predicted molar refractivity (Wildman–Crippen MR) is 80.2 cm³/mol. The normalized spacial score (nSPS) is 13.9. The molecule has 0 radical (unpaired) electrons. The monoisotopic (exact) mass is 279 g/mol. The fourth-order valence-corrected chi connectivity index (χ4v) is 1.52. The Hall–Kier alpha value is -1.65. The molecule has 1 unspecified atom stereocenters. The van der Waals surface area contributed by atoms with E-state index in [0.29, 0.717) is 11.6 Å². The highest BCUT2D eigenvalue weighted by Gasteiger charge is 2.24. The molecule has 1 aromatic heterocycles. The van der Waals surface area contributed by atoms with Crippen LogP contribution in [0.3, 0.4) is 0 Å². The molecular weight excluding hydrogens is 254 g/mol. The topological polar surface area (TPSA) is 75.1 Å². The zero-order valence-electron chi connectivity index (χ0n) is 13.4. The Morgan fingerprint density at radius 2 is 1.70 bits per heavy atom. The molecule has 2 N–H and O–H groups in total. The van der Waals surface area contributed by atoms with E-state index in [0.717, 1.165) is 5.69 Å². The van der Waals surface area contributed by atoms with E-state index in [1.165, 1.54) is 0 Å². The lowest BCUT2D eigenvalue weighted by atomic mass is 9.90. The number of hydrogen-bond donors (Lipinski definition) is 2. The van der Waals surface area contributed by atoms with Gasteiger partial charge in [-0.15, -0.1) is 0 Å². The number of aliphatic carboxylic acids is 1. The molecule has 0 aliphatic carbocycles. The van der Waals surface area contributed by atoms with Gasteiger partial charge in [-0.1, -0.05) is 41.5 Å². The van der Waals surface area contributed by atoms with Gasteiger partial charge < -0.3 is 10.4 Å². The summed E-state index contributed by atoms with van der Waals surface area (Å²) in [4.78, 5) is 20.0. The van der Waals surface area contributed by atoms with Crippen LogP contribution in [0.25, 0.3) is 0 Å². The summed E-state index contributed by atoms with van der Waals surface area (Å²) >= 11 is 0. The Morgan fingerprint density at radius 1 is 1.15 bits per heavy atom. The first kappa shape index (κ1) is 16.4. The van der Waals surface area contributed by atoms with Crippen LogP contribution in [0.4, 0.5) is 5.82 Å². The third-order valence-corrected chi connectivity index (χ3v) is 2.90. The summed E-state index contributed by atoms with van der Waals surface area (Å²) in [6.45, 7) is 13.9. The largest absolute Gasteiger partial charge is 0.480 e. The van der Waals surface area contributed by atoms with Crippen molar-refractivity contribution in [1.29, 1.82) is 0 Å². The summed E-state index contributed by atoms with van der Waals surface area (Å²) in [5.41, 5.74) is 0.591. The van der Waals surface area contributed by atoms with Gasteiger partial charge in [0.25, 0.3) is 0 Å². The van der Waals surface area contributed by atoms with E-state index in [2.05, 4.69) is 36.1 Å². The van der Waals surface area contributed by atoms with Gasteiger partial charge in [0, 0.05) is 16.9 Å². The van der Waals surface area contributed by atoms with Crippen molar-refractivity contribution in [2.24, 2.45) is 0 Å². The first-order chi connectivity index (χ1) is 8.91. The molecule has 0 saturated carbocycles. The third-order valence-electron chi connectivity index (χ3n) is 2.90. The quantitative estimate of drug-likeness (QED) is 0.889. The maximum Gasteiger partial charge on any atom is 0.325 e. The van der Waals surface area contributed by atoms with Crippen molar-refractivity contribution >= 4 is 11.8 Å². The molecular formula is C15H25N3O2. The third kappa shape index (κ3) is 4.18. The standard InChI is InChI=1S/C15H25N3O2/c1-9(12(19)20)16-11-8-10(14(2,3)4)17-13(18-11)15(5,6)7/h8-9H,1-7H3,(H,19,20)(H,16,17,18). The van der Waals surface area contributed by atoms with Crippen LogP contribution in [0, 0.1) is 0 Å². The van der Waals surface area contributed by atoms with Gasteiger partial charge in [-0.05, 0) is 6.92 Å². The van der Waals surface area contributed by atoms with E-state index in [1.54, 1.807) is 6.92 Å². The maximum atomic E-state index is 11.0. The number of carbonyl (C=O) groups is 1. The number of aromatic nitrogens is 2. The zero-order chi connectivity index (χ0) is 15.7. The average molecular weight is 279 g/mol. The van der Waals surface area contributed by atoms with Gasteiger partial charge in [-0.2, -0.15) is 0 Å². The van der Waals surface area contributed by atoms with E-state index in [-0.39, 0.29) is 10.8 Å². The molecule has 20 heavy (non-hydrogen) atoms. The van der Waals surface area contributed by atoms with Gasteiger partial charge in [0.05, 0.1) is 5.69 Å². The second-order valence-corrected chi connectivity index (χ2v) is 7.17. The number of nitrogens with zero attached hydrogens (tertiary/aromatic N) is 2. The van der Waals surface area contributed by atoms with Crippen LogP contribution in [0.2, 0.25) is 0 Å². The molecule has 1 aromatic rings. The van der Waals surface area contributed by atoms with Gasteiger partial charge in [0.2, 0.25) is 0 Å². The van der Waals surface area contributed by atoms with Crippen LogP contribution in [-0.4, -0.2) is 27.1 Å². The van der Waals surface area contributed by atoms with Crippen LogP contribution in [0.15, 0.2) is 6.07 Å². The Bertz CT molecular complexity index is 467. The van der Waals surface area contributed by atoms with Gasteiger partial charge in [-0.25, -0.2) is 9.97 Å². The van der Waals surface area contributed by atoms with Crippen LogP contribution in [-0.2, 0) is 15.6 Å². The minimum absolute atomic E-state index is 0.119. The Morgan fingerprint density at radius 3 is 2.10 bits per heavy atom. The number of rotatable bonds is 3. The van der Waals surface area contributed by atoms with E-state index >= 15 is 0 Å². The average Bonchev–Trinajstić information content (AvgIpc) is 2.26. The molecule has 1 rings (SSSR count). The van der Waals surface area contributed by atoms with Crippen molar-refractivity contribution < 1.29 is 9.90 Å². The molecule has 0 aromatic carbocycles. The number of hydrogen-bond acceptors (Lipinski definition) is 4. The minimum Gasteiger partial charge on any atom is -0.480 e. The zero-order valence-corrected chi connectivity index (χ0v) is 13.4. The van der Waals surface area contributed by atoms with E-state index in [4.69, 9.17) is 5.11 Å². The molecule has 0 spiro atoms. The first-order valence-corrected chi connectivity index (χ1v) is 6.80. The molecule has 1 atom stereocenters. The molecule has 5 nitrogen and oxygen atoms in total. The Kier molecular flexibility index (Phi) is 4.42. The van der Waals surface area contributed by atoms with Gasteiger partial charge in [0.1, 0.15) is 17.7 Å². The Labute approximate surface area is 120 Å². The SMILES string of the molecule is CC(Nc1cc(C(C)(C)C)nc(C(C)(C)C)n1)C(=O)O. The second-order valence-electron chi connectivity index (χ2n) is 7.17. The molecule has 0 amide bonds. The van der Waals surface area contributed by atoms with Gasteiger partial charge in [0.15, 0.2) is 0 Å². The first-order valence-electron chi connectivity index (χ1n) is 6.80. The fraction of sp³-hybridized carbons (Fsp3) is 0.667. The van der Waals surface area contributed by atoms with Gasteiger partial charge >= 0.3 is 5.97 Å². The van der Waals surface area contributed by atoms with Crippen molar-refractivity contribution in [3.63, 3.8) is 0 Å². The molecule has 0 aliphatic heterocycles. The molecule has 0 fully saturated rings. The van der Waals surface area contributed by atoms with Crippen LogP contribution >= 0.6 is 0 Å². The maximum absolute atomic E-state index is 11.0. The number of anilines is 1. The van der Waals surface area contributed by atoms with E-state index in [1.807, 2.05) is 26.8 Å². The highest BCUT2D eigenvalue weighted by Crippen LogP contribution is 2.26. The Balaban J connectivity index is 3.28. The molecule has 112 valence electrons. The number of nitrogens with one attached hydrogen (secondary N) is 1. The smallest absolute Gasteiger partial charge is 0.325 e. The molecule has 5 heteroatoms. The van der Waals surface area contributed by atoms with Crippen molar-refractivity contribution in [1.82, 2.24) is 9.97 Å². The van der Waals surface area contributed by atoms with Gasteiger partial charge in [-0.3, -0.25) is 4.79 Å². The highest BCUT2D eigenvalue weighted by molar-refractivity contribution is 5.76. The van der Waals surface area contributed by atoms with E-state index in [9.17, 15) is 4.79 Å². The summed E-state index contributed by atoms with van der Waals surface area (Å²) < 4.78 is 0. The van der Waals surface area contributed by atoms with Crippen molar-refractivity contribution in [2.45, 2.75) is 65.3 Å². The van der Waals surface area contributed by atoms with Crippen molar-refractivity contribution in [2.75, 3.05) is 5.32 Å². The number of carboxylic acids is 1. The van der Waals surface area contributed by atoms with Crippen LogP contribution < -0.4 is 5.32 Å². The lowest BCUT2D eigenvalue weighted by Crippen LogP contribution is -2.28. The fourth-order valence-electron chi connectivity index (χ4n) is 1.52. The number of carboxylic acid groups (broad SMARTS) is 1. The van der Waals surface area contributed by atoms with Crippen molar-refractivity contribution in [3.05, 3.63) is 17.6 Å². The van der Waals surface area contributed by atoms with E-state index < -0.39 is 12.0 Å². The minimum atomic E-state index is -0.904. The highest BCUT2D eigenvalue weighted by atomic mass is 16.4. The van der Waals surface area contributed by atoms with Crippen molar-refractivity contribution in [3.8, 4) is 0 Å². The second kappa shape index (κ2) is 5.38. The predicted octanol–water partition coefficient (Wildman–Crippen LogP) is 2.96. The lowest BCUT2D eigenvalue weighted by Gasteiger charge is -2.24. The van der Waals surface area contributed by atoms with Crippen LogP contribution in [0.1, 0.15) is 60.0 Å². The summed E-state index contributed by atoms with van der Waals surface area (Å²) in [6, 6.07) is 1.14. The summed E-state index contributed by atoms with van der Waals surface area (Å²) in [5, 5.41) is 11.9. The lowest BCUT2D eigenvalue weighted by molar-refractivity contribution is -0.137.